The maximum absolute atomic E-state index is 2.43. The van der Waals surface area contributed by atoms with Gasteiger partial charge in [0.25, 0.3) is 0 Å². The summed E-state index contributed by atoms with van der Waals surface area (Å²) in [7, 11) is 2.20. The lowest BCUT2D eigenvalue weighted by Gasteiger charge is -2.26. The van der Waals surface area contributed by atoms with E-state index in [0.29, 0.717) is 0 Å². The number of rotatable bonds is 6. The van der Waals surface area contributed by atoms with Crippen LogP contribution in [0.15, 0.2) is 146 Å². The molecular formula is C49H41NS. The molecule has 0 spiro atoms. The topological polar surface area (TPSA) is 3.24 Å². The maximum Gasteiger partial charge on any atom is 0.0487 e. The van der Waals surface area contributed by atoms with E-state index in [0.717, 1.165) is 6.42 Å². The quantitative estimate of drug-likeness (QED) is 0.170. The van der Waals surface area contributed by atoms with Crippen molar-refractivity contribution >= 4 is 42.9 Å². The zero-order valence-electron chi connectivity index (χ0n) is 29.9. The van der Waals surface area contributed by atoms with Crippen molar-refractivity contribution in [1.82, 2.24) is 0 Å². The highest BCUT2D eigenvalue weighted by molar-refractivity contribution is 7.25. The first kappa shape index (κ1) is 31.5. The molecule has 8 aromatic rings. The fraction of sp³-hybridized carbons (Fsp3) is 0.143. The molecule has 51 heavy (non-hydrogen) atoms. The fourth-order valence-electron chi connectivity index (χ4n) is 8.50. The van der Waals surface area contributed by atoms with E-state index in [9.17, 15) is 0 Å². The summed E-state index contributed by atoms with van der Waals surface area (Å²) in [5.74, 6) is 0. The van der Waals surface area contributed by atoms with Gasteiger partial charge in [0.2, 0.25) is 0 Å². The summed E-state index contributed by atoms with van der Waals surface area (Å²) in [5.41, 5.74) is 18.2. The number of anilines is 2. The first-order valence-corrected chi connectivity index (χ1v) is 18.9. The Bertz CT molecular complexity index is 2640. The van der Waals surface area contributed by atoms with Crippen molar-refractivity contribution < 1.29 is 0 Å². The predicted molar refractivity (Wildman–Crippen MR) is 222 cm³/mol. The molecule has 0 bridgehead atoms. The van der Waals surface area contributed by atoms with Gasteiger partial charge in [0.05, 0.1) is 0 Å². The van der Waals surface area contributed by atoms with Crippen LogP contribution in [0.25, 0.3) is 64.7 Å². The summed E-state index contributed by atoms with van der Waals surface area (Å²) in [6.07, 6.45) is 0.978. The number of fused-ring (bicyclic) bond motifs is 6. The summed E-state index contributed by atoms with van der Waals surface area (Å²) in [4.78, 5) is 2.35. The minimum absolute atomic E-state index is 0.0347. The number of thiophene rings is 1. The molecule has 0 atom stereocenters. The van der Waals surface area contributed by atoms with Gasteiger partial charge in [-0.05, 0) is 111 Å². The Morgan fingerprint density at radius 1 is 0.549 bits per heavy atom. The Morgan fingerprint density at radius 3 is 2.06 bits per heavy atom. The molecule has 0 radical (unpaired) electrons. The number of hydrogen-bond donors (Lipinski definition) is 0. The molecule has 0 unspecified atom stereocenters. The third kappa shape index (κ3) is 5.04. The lowest BCUT2D eigenvalue weighted by atomic mass is 9.81. The molecule has 7 aromatic carbocycles. The molecule has 1 nitrogen and oxygen atoms in total. The van der Waals surface area contributed by atoms with Gasteiger partial charge in [0.1, 0.15) is 0 Å². The van der Waals surface area contributed by atoms with E-state index in [1.165, 1.54) is 98.3 Å². The van der Waals surface area contributed by atoms with E-state index < -0.39 is 0 Å². The van der Waals surface area contributed by atoms with Crippen molar-refractivity contribution in [2.75, 3.05) is 11.9 Å². The van der Waals surface area contributed by atoms with E-state index in [1.807, 2.05) is 11.3 Å². The molecule has 0 saturated carbocycles. The largest absolute Gasteiger partial charge is 0.344 e. The lowest BCUT2D eigenvalue weighted by Crippen LogP contribution is -2.15. The van der Waals surface area contributed by atoms with E-state index in [4.69, 9.17) is 0 Å². The Hall–Kier alpha value is -5.44. The number of nitrogens with zero attached hydrogens (tertiary/aromatic N) is 1. The second-order valence-electron chi connectivity index (χ2n) is 14.5. The molecule has 0 N–H and O–H groups in total. The molecule has 9 rings (SSSR count). The Kier molecular flexibility index (Phi) is 7.49. The van der Waals surface area contributed by atoms with E-state index in [2.05, 4.69) is 185 Å². The monoisotopic (exact) mass is 675 g/mol. The van der Waals surface area contributed by atoms with Gasteiger partial charge in [-0.2, -0.15) is 0 Å². The molecule has 0 amide bonds. The van der Waals surface area contributed by atoms with Crippen LogP contribution in [0.3, 0.4) is 0 Å². The van der Waals surface area contributed by atoms with Gasteiger partial charge in [-0.1, -0.05) is 130 Å². The van der Waals surface area contributed by atoms with Crippen molar-refractivity contribution in [3.05, 3.63) is 168 Å². The normalized spacial score (nSPS) is 13.0. The van der Waals surface area contributed by atoms with Crippen LogP contribution in [-0.4, -0.2) is 7.05 Å². The van der Waals surface area contributed by atoms with Gasteiger partial charge in [-0.3, -0.25) is 0 Å². The van der Waals surface area contributed by atoms with Gasteiger partial charge >= 0.3 is 0 Å². The summed E-state index contributed by atoms with van der Waals surface area (Å²) >= 11 is 1.88. The average Bonchev–Trinajstić information content (AvgIpc) is 3.65. The molecule has 1 aromatic heterocycles. The van der Waals surface area contributed by atoms with Crippen LogP contribution in [0.4, 0.5) is 11.4 Å². The molecule has 1 heterocycles. The zero-order valence-corrected chi connectivity index (χ0v) is 30.7. The van der Waals surface area contributed by atoms with Crippen LogP contribution in [0, 0.1) is 6.92 Å². The molecule has 0 aliphatic heterocycles. The summed E-state index contributed by atoms with van der Waals surface area (Å²) in [6.45, 7) is 9.25. The third-order valence-electron chi connectivity index (χ3n) is 11.2. The highest BCUT2D eigenvalue weighted by Crippen LogP contribution is 2.50. The number of benzene rings is 7. The first-order valence-electron chi connectivity index (χ1n) is 18.1. The van der Waals surface area contributed by atoms with Crippen molar-refractivity contribution in [3.63, 3.8) is 0 Å². The molecule has 1 aliphatic rings. The van der Waals surface area contributed by atoms with Crippen LogP contribution < -0.4 is 4.90 Å². The molecular weight excluding hydrogens is 635 g/mol. The SMILES string of the molecule is CCc1cccc(-c2ccc3c(c2)sc2ccccc23)c1-c1ccc(N(C)c2ccccc2-c2ccc3c(c2)C(C)(C)c2ccccc2-3)cc1C. The molecule has 0 fully saturated rings. The van der Waals surface area contributed by atoms with E-state index in [-0.39, 0.29) is 5.41 Å². The van der Waals surface area contributed by atoms with Crippen molar-refractivity contribution in [3.8, 4) is 44.5 Å². The average molecular weight is 676 g/mol. The Morgan fingerprint density at radius 2 is 1.22 bits per heavy atom. The molecule has 1 aliphatic carbocycles. The minimum Gasteiger partial charge on any atom is -0.344 e. The summed E-state index contributed by atoms with van der Waals surface area (Å²) < 4.78 is 2.68. The minimum atomic E-state index is -0.0347. The van der Waals surface area contributed by atoms with E-state index in [1.54, 1.807) is 0 Å². The van der Waals surface area contributed by atoms with Crippen LogP contribution >= 0.6 is 11.3 Å². The van der Waals surface area contributed by atoms with Crippen molar-refractivity contribution in [2.24, 2.45) is 0 Å². The maximum atomic E-state index is 2.43. The Labute approximate surface area is 305 Å². The smallest absolute Gasteiger partial charge is 0.0487 e. The highest BCUT2D eigenvalue weighted by atomic mass is 32.1. The molecule has 0 saturated heterocycles. The van der Waals surface area contributed by atoms with Crippen LogP contribution in [-0.2, 0) is 11.8 Å². The standard InChI is InChI=1S/C49H41NS/c1-6-32-14-13-18-38(34-23-26-42-41-17-9-12-21-46(41)51-47(42)30-34)48(32)36-27-24-35(28-31(36)2)50(5)45-20-11-8-15-37(45)33-22-25-40-39-16-7-10-19-43(39)49(3,4)44(40)29-33/h7-30H,6H2,1-5H3. The second kappa shape index (κ2) is 12.1. The zero-order chi connectivity index (χ0) is 34.9. The molecule has 248 valence electrons. The lowest BCUT2D eigenvalue weighted by molar-refractivity contribution is 0.660. The van der Waals surface area contributed by atoms with Crippen molar-refractivity contribution in [1.29, 1.82) is 0 Å². The number of aryl methyl sites for hydroxylation is 2. The fourth-order valence-corrected chi connectivity index (χ4v) is 9.65. The Balaban J connectivity index is 1.09. The second-order valence-corrected chi connectivity index (χ2v) is 15.6. The predicted octanol–water partition coefficient (Wildman–Crippen LogP) is 14.0. The number of para-hydroxylation sites is 1. The van der Waals surface area contributed by atoms with Crippen LogP contribution in [0.1, 0.15) is 43.0 Å². The van der Waals surface area contributed by atoms with E-state index >= 15 is 0 Å². The van der Waals surface area contributed by atoms with Gasteiger partial charge in [0, 0.05) is 49.6 Å². The third-order valence-corrected chi connectivity index (χ3v) is 12.4. The summed E-state index contributed by atoms with van der Waals surface area (Å²) in [5, 5.41) is 2.68. The summed E-state index contributed by atoms with van der Waals surface area (Å²) in [6, 6.07) is 54.3. The van der Waals surface area contributed by atoms with Crippen LogP contribution in [0.2, 0.25) is 0 Å². The van der Waals surface area contributed by atoms with Crippen LogP contribution in [0.5, 0.6) is 0 Å². The highest BCUT2D eigenvalue weighted by Gasteiger charge is 2.35. The number of hydrogen-bond acceptors (Lipinski definition) is 2. The van der Waals surface area contributed by atoms with Crippen molar-refractivity contribution in [2.45, 2.75) is 39.5 Å². The van der Waals surface area contributed by atoms with Gasteiger partial charge < -0.3 is 4.90 Å². The first-order chi connectivity index (χ1) is 24.8. The van der Waals surface area contributed by atoms with Gasteiger partial charge in [-0.25, -0.2) is 0 Å². The van der Waals surface area contributed by atoms with Gasteiger partial charge in [-0.15, -0.1) is 11.3 Å². The molecule has 2 heteroatoms. The van der Waals surface area contributed by atoms with Gasteiger partial charge in [0.15, 0.2) is 0 Å².